The third-order valence-electron chi connectivity index (χ3n) is 2.01. The summed E-state index contributed by atoms with van der Waals surface area (Å²) >= 11 is 0. The van der Waals surface area contributed by atoms with Gasteiger partial charge in [0, 0.05) is 6.07 Å². The fraction of sp³-hybridized carbons (Fsp3) is 0.500. The van der Waals surface area contributed by atoms with Gasteiger partial charge in [-0.2, -0.15) is 5.26 Å². The summed E-state index contributed by atoms with van der Waals surface area (Å²) in [6, 6.07) is 3.68. The second-order valence-electron chi connectivity index (χ2n) is 3.17. The number of hydrogen-bond acceptors (Lipinski definition) is 5. The van der Waals surface area contributed by atoms with Gasteiger partial charge in [-0.25, -0.2) is 0 Å². The topological polar surface area (TPSA) is 76.1 Å². The van der Waals surface area contributed by atoms with Gasteiger partial charge in [0.1, 0.15) is 11.7 Å². The SMILES string of the molecule is COC(=O)C(C#N)CCc1cc(C)on1. The Bertz CT molecular complexity index is 378. The Hall–Kier alpha value is -1.83. The molecule has 0 aliphatic rings. The molecule has 0 spiro atoms. The molecule has 0 aliphatic heterocycles. The molecule has 5 heteroatoms. The molecule has 1 atom stereocenters. The molecule has 0 aliphatic carbocycles. The maximum absolute atomic E-state index is 11.1. The molecule has 0 saturated carbocycles. The summed E-state index contributed by atoms with van der Waals surface area (Å²) in [6.07, 6.45) is 0.930. The molecule has 0 radical (unpaired) electrons. The third kappa shape index (κ3) is 3.09. The number of aryl methyl sites for hydroxylation is 2. The fourth-order valence-corrected chi connectivity index (χ4v) is 1.21. The first-order valence-electron chi connectivity index (χ1n) is 4.57. The van der Waals surface area contributed by atoms with Crippen molar-refractivity contribution in [3.63, 3.8) is 0 Å². The van der Waals surface area contributed by atoms with Crippen LogP contribution in [0.4, 0.5) is 0 Å². The van der Waals surface area contributed by atoms with Crippen LogP contribution in [-0.4, -0.2) is 18.2 Å². The molecular formula is C10H12N2O3. The molecule has 5 nitrogen and oxygen atoms in total. The van der Waals surface area contributed by atoms with Crippen molar-refractivity contribution in [3.05, 3.63) is 17.5 Å². The van der Waals surface area contributed by atoms with E-state index in [2.05, 4.69) is 9.89 Å². The molecule has 1 aromatic rings. The van der Waals surface area contributed by atoms with E-state index in [9.17, 15) is 4.79 Å². The van der Waals surface area contributed by atoms with Gasteiger partial charge in [0.15, 0.2) is 0 Å². The average molecular weight is 208 g/mol. The smallest absolute Gasteiger partial charge is 0.323 e. The summed E-state index contributed by atoms with van der Waals surface area (Å²) in [5.41, 5.74) is 0.747. The van der Waals surface area contributed by atoms with Crippen LogP contribution in [-0.2, 0) is 16.0 Å². The van der Waals surface area contributed by atoms with Crippen LogP contribution in [0.3, 0.4) is 0 Å². The van der Waals surface area contributed by atoms with Gasteiger partial charge in [-0.15, -0.1) is 0 Å². The van der Waals surface area contributed by atoms with Gasteiger partial charge in [0.2, 0.25) is 0 Å². The lowest BCUT2D eigenvalue weighted by molar-refractivity contribution is -0.143. The number of nitriles is 1. The molecule has 0 bridgehead atoms. The number of hydrogen-bond donors (Lipinski definition) is 0. The van der Waals surface area contributed by atoms with E-state index in [1.165, 1.54) is 7.11 Å². The minimum atomic E-state index is -0.730. The van der Waals surface area contributed by atoms with Crippen molar-refractivity contribution in [2.75, 3.05) is 7.11 Å². The quantitative estimate of drug-likeness (QED) is 0.695. The Morgan fingerprint density at radius 2 is 2.53 bits per heavy atom. The summed E-state index contributed by atoms with van der Waals surface area (Å²) in [6.45, 7) is 1.79. The summed E-state index contributed by atoms with van der Waals surface area (Å²) in [5, 5.41) is 12.5. The monoisotopic (exact) mass is 208 g/mol. The molecule has 0 saturated heterocycles. The van der Waals surface area contributed by atoms with Crippen LogP contribution in [0.5, 0.6) is 0 Å². The highest BCUT2D eigenvalue weighted by Gasteiger charge is 2.18. The minimum Gasteiger partial charge on any atom is -0.468 e. The normalized spacial score (nSPS) is 11.8. The van der Waals surface area contributed by atoms with Crippen molar-refractivity contribution < 1.29 is 14.1 Å². The minimum absolute atomic E-state index is 0.398. The van der Waals surface area contributed by atoms with Crippen LogP contribution in [0, 0.1) is 24.2 Å². The molecular weight excluding hydrogens is 196 g/mol. The first kappa shape index (κ1) is 11.2. The lowest BCUT2D eigenvalue weighted by Gasteiger charge is -2.04. The Labute approximate surface area is 87.6 Å². The zero-order chi connectivity index (χ0) is 11.3. The van der Waals surface area contributed by atoms with E-state index < -0.39 is 11.9 Å². The van der Waals surface area contributed by atoms with Crippen LogP contribution in [0.25, 0.3) is 0 Å². The largest absolute Gasteiger partial charge is 0.468 e. The molecule has 0 fully saturated rings. The number of carbonyl (C=O) groups excluding carboxylic acids is 1. The van der Waals surface area contributed by atoms with E-state index in [-0.39, 0.29) is 0 Å². The molecule has 1 heterocycles. The van der Waals surface area contributed by atoms with Gasteiger partial charge in [-0.3, -0.25) is 4.79 Å². The van der Waals surface area contributed by atoms with Gasteiger partial charge in [0.25, 0.3) is 0 Å². The zero-order valence-corrected chi connectivity index (χ0v) is 8.69. The molecule has 1 unspecified atom stereocenters. The lowest BCUT2D eigenvalue weighted by Crippen LogP contribution is -2.15. The molecule has 0 N–H and O–H groups in total. The van der Waals surface area contributed by atoms with Crippen LogP contribution >= 0.6 is 0 Å². The van der Waals surface area contributed by atoms with Crippen molar-refractivity contribution in [2.45, 2.75) is 19.8 Å². The van der Waals surface area contributed by atoms with E-state index in [1.54, 1.807) is 13.0 Å². The van der Waals surface area contributed by atoms with Crippen molar-refractivity contribution >= 4 is 5.97 Å². The molecule has 0 amide bonds. The predicted octanol–water partition coefficient (Wildman–Crippen LogP) is 1.23. The van der Waals surface area contributed by atoms with E-state index >= 15 is 0 Å². The Morgan fingerprint density at radius 3 is 3.00 bits per heavy atom. The number of rotatable bonds is 4. The van der Waals surface area contributed by atoms with Gasteiger partial charge in [-0.05, 0) is 19.8 Å². The summed E-state index contributed by atoms with van der Waals surface area (Å²) in [4.78, 5) is 11.1. The zero-order valence-electron chi connectivity index (χ0n) is 8.69. The maximum Gasteiger partial charge on any atom is 0.323 e. The van der Waals surface area contributed by atoms with Gasteiger partial charge in [0.05, 0.1) is 18.9 Å². The van der Waals surface area contributed by atoms with Gasteiger partial charge < -0.3 is 9.26 Å². The van der Waals surface area contributed by atoms with E-state index in [0.717, 1.165) is 11.5 Å². The third-order valence-corrected chi connectivity index (χ3v) is 2.01. The second kappa shape index (κ2) is 5.15. The molecule has 0 aromatic carbocycles. The molecule has 15 heavy (non-hydrogen) atoms. The van der Waals surface area contributed by atoms with Crippen LogP contribution in [0.2, 0.25) is 0 Å². The van der Waals surface area contributed by atoms with Crippen molar-refractivity contribution in [1.29, 1.82) is 5.26 Å². The van der Waals surface area contributed by atoms with E-state index in [4.69, 9.17) is 9.78 Å². The number of esters is 1. The highest BCUT2D eigenvalue weighted by Crippen LogP contribution is 2.10. The number of carbonyl (C=O) groups is 1. The van der Waals surface area contributed by atoms with Crippen molar-refractivity contribution in [1.82, 2.24) is 5.16 Å². The Balaban J connectivity index is 2.49. The van der Waals surface area contributed by atoms with E-state index in [0.29, 0.717) is 12.8 Å². The highest BCUT2D eigenvalue weighted by atomic mass is 16.5. The van der Waals surface area contributed by atoms with Crippen LogP contribution in [0.15, 0.2) is 10.6 Å². The Kier molecular flexibility index (Phi) is 3.86. The standard InChI is InChI=1S/C10H12N2O3/c1-7-5-9(12-15-7)4-3-8(6-11)10(13)14-2/h5,8H,3-4H2,1-2H3. The average Bonchev–Trinajstić information content (AvgIpc) is 2.64. The van der Waals surface area contributed by atoms with Gasteiger partial charge >= 0.3 is 5.97 Å². The summed E-state index contributed by atoms with van der Waals surface area (Å²) < 4.78 is 9.36. The lowest BCUT2D eigenvalue weighted by atomic mass is 10.0. The first-order chi connectivity index (χ1) is 7.17. The number of ether oxygens (including phenoxy) is 1. The molecule has 80 valence electrons. The number of nitrogens with zero attached hydrogens (tertiary/aromatic N) is 2. The number of methoxy groups -OCH3 is 1. The second-order valence-corrected chi connectivity index (χ2v) is 3.17. The van der Waals surface area contributed by atoms with E-state index in [1.807, 2.05) is 6.07 Å². The van der Waals surface area contributed by atoms with Crippen LogP contribution < -0.4 is 0 Å². The molecule has 1 rings (SSSR count). The van der Waals surface area contributed by atoms with Crippen LogP contribution in [0.1, 0.15) is 17.9 Å². The fourth-order valence-electron chi connectivity index (χ4n) is 1.21. The first-order valence-corrected chi connectivity index (χ1v) is 4.57. The number of aromatic nitrogens is 1. The predicted molar refractivity (Wildman–Crippen MR) is 50.7 cm³/mol. The van der Waals surface area contributed by atoms with Crippen molar-refractivity contribution in [2.24, 2.45) is 5.92 Å². The van der Waals surface area contributed by atoms with Gasteiger partial charge in [-0.1, -0.05) is 5.16 Å². The summed E-state index contributed by atoms with van der Waals surface area (Å²) in [5.74, 6) is -0.513. The van der Waals surface area contributed by atoms with Crippen molar-refractivity contribution in [3.8, 4) is 6.07 Å². The maximum atomic E-state index is 11.1. The molecule has 1 aromatic heterocycles. The highest BCUT2D eigenvalue weighted by molar-refractivity contribution is 5.74. The Morgan fingerprint density at radius 1 is 1.80 bits per heavy atom. The summed E-state index contributed by atoms with van der Waals surface area (Å²) in [7, 11) is 1.27.